The van der Waals surface area contributed by atoms with Crippen molar-refractivity contribution < 1.29 is 0 Å². The molecule has 0 aromatic heterocycles. The van der Waals surface area contributed by atoms with Crippen LogP contribution in [0.2, 0.25) is 0 Å². The largest absolute Gasteiger partial charge is 0.310 e. The Morgan fingerprint density at radius 3 is 1.92 bits per heavy atom. The van der Waals surface area contributed by atoms with Crippen LogP contribution < -0.4 is 4.90 Å². The standard InChI is InChI=1S/C69H51NS/c1-3-4-26-54(67-44-47(2)21-18-19-43-71-67)48-22-20-25-52(45-48)70(51-39-37-50(38-40-51)68(49-23-6-5-7-24-49)61-32-13-8-27-55(61)56-28-9-14-33-62(56)68)53-41-42-60-59-31-12-17-36-65(59)69(66(60)46-53)63-34-15-10-29-57(63)58-30-11-16-35-64(58)69/h3-43,45-46,57,63H,1-2,44H2/b21-18-,26-4-,43-19-,67-54-. The van der Waals surface area contributed by atoms with Gasteiger partial charge in [0.25, 0.3) is 0 Å². The van der Waals surface area contributed by atoms with E-state index in [1.165, 1.54) is 71.7 Å². The Morgan fingerprint density at radius 1 is 0.535 bits per heavy atom. The number of rotatable bonds is 8. The minimum absolute atomic E-state index is 0.232. The molecule has 1 heterocycles. The van der Waals surface area contributed by atoms with Gasteiger partial charge in [0.1, 0.15) is 0 Å². The topological polar surface area (TPSA) is 3.24 Å². The molecule has 71 heavy (non-hydrogen) atoms. The Hall–Kier alpha value is -8.17. The Bertz CT molecular complexity index is 3610. The lowest BCUT2D eigenvalue weighted by molar-refractivity contribution is 0.465. The maximum absolute atomic E-state index is 4.42. The molecule has 1 aliphatic heterocycles. The quantitative estimate of drug-likeness (QED) is 0.140. The van der Waals surface area contributed by atoms with E-state index in [1.807, 2.05) is 12.2 Å². The van der Waals surface area contributed by atoms with E-state index in [4.69, 9.17) is 0 Å². The molecule has 8 aromatic rings. The van der Waals surface area contributed by atoms with Gasteiger partial charge in [0.2, 0.25) is 0 Å². The number of allylic oxidation sites excluding steroid dienone is 13. The highest BCUT2D eigenvalue weighted by molar-refractivity contribution is 8.06. The summed E-state index contributed by atoms with van der Waals surface area (Å²) in [5.41, 5.74) is 21.7. The van der Waals surface area contributed by atoms with Gasteiger partial charge < -0.3 is 4.90 Å². The molecule has 0 bridgehead atoms. The van der Waals surface area contributed by atoms with Crippen LogP contribution in [0.4, 0.5) is 17.1 Å². The van der Waals surface area contributed by atoms with Crippen molar-refractivity contribution in [3.05, 3.63) is 334 Å². The molecule has 3 atom stereocenters. The molecule has 1 nitrogen and oxygen atoms in total. The van der Waals surface area contributed by atoms with Crippen LogP contribution in [0.3, 0.4) is 0 Å². The Morgan fingerprint density at radius 2 is 1.15 bits per heavy atom. The highest BCUT2D eigenvalue weighted by Crippen LogP contribution is 2.66. The zero-order valence-electron chi connectivity index (χ0n) is 39.5. The number of hydrogen-bond acceptors (Lipinski definition) is 2. The minimum atomic E-state index is -0.501. The third-order valence-electron chi connectivity index (χ3n) is 15.7. The Balaban J connectivity index is 1.03. The fraction of sp³-hybridized carbons (Fsp3) is 0.0725. The van der Waals surface area contributed by atoms with Crippen LogP contribution in [0.5, 0.6) is 0 Å². The lowest BCUT2D eigenvalue weighted by Crippen LogP contribution is -2.33. The second-order valence-corrected chi connectivity index (χ2v) is 20.2. The van der Waals surface area contributed by atoms with Crippen molar-refractivity contribution in [2.45, 2.75) is 23.2 Å². The molecule has 338 valence electrons. The fourth-order valence-corrected chi connectivity index (χ4v) is 13.8. The second kappa shape index (κ2) is 17.4. The van der Waals surface area contributed by atoms with Gasteiger partial charge in [-0.25, -0.2) is 0 Å². The SMILES string of the molecule is C=C/C=C\C(=C1/CC(=C)/C=C\C=C/S1)c1cccc(N(c2ccc(C3(c4ccccc4)c4ccccc4-c4ccccc43)cc2)c2ccc3c(c2)C2(c4ccccc4-3)c3ccccc3C3C=CC=CC32)c1. The van der Waals surface area contributed by atoms with Crippen molar-refractivity contribution >= 4 is 34.4 Å². The van der Waals surface area contributed by atoms with Crippen LogP contribution in [-0.2, 0) is 10.8 Å². The Labute approximate surface area is 422 Å². The van der Waals surface area contributed by atoms with Crippen molar-refractivity contribution in [2.24, 2.45) is 5.92 Å². The number of hydrogen-bond donors (Lipinski definition) is 0. The summed E-state index contributed by atoms with van der Waals surface area (Å²) in [6.45, 7) is 8.48. The van der Waals surface area contributed by atoms with Gasteiger partial charge in [0.15, 0.2) is 0 Å². The number of anilines is 3. The molecule has 0 radical (unpaired) electrons. The average Bonchev–Trinajstić information content (AvgIpc) is 4.02. The summed E-state index contributed by atoms with van der Waals surface area (Å²) in [6.07, 6.45) is 22.6. The predicted molar refractivity (Wildman–Crippen MR) is 301 cm³/mol. The summed E-state index contributed by atoms with van der Waals surface area (Å²) in [5.74, 6) is 0.514. The van der Waals surface area contributed by atoms with Crippen LogP contribution in [-0.4, -0.2) is 0 Å². The number of fused-ring (bicyclic) bond motifs is 13. The zero-order chi connectivity index (χ0) is 47.5. The van der Waals surface area contributed by atoms with Crippen molar-refractivity contribution in [3.8, 4) is 22.3 Å². The van der Waals surface area contributed by atoms with Crippen LogP contribution in [0, 0.1) is 5.92 Å². The van der Waals surface area contributed by atoms with Crippen LogP contribution in [0.25, 0.3) is 27.8 Å². The van der Waals surface area contributed by atoms with E-state index >= 15 is 0 Å². The van der Waals surface area contributed by atoms with E-state index in [2.05, 4.69) is 266 Å². The number of nitrogens with zero attached hydrogens (tertiary/aromatic N) is 1. The molecular weight excluding hydrogens is 875 g/mol. The molecule has 0 fully saturated rings. The van der Waals surface area contributed by atoms with E-state index in [1.54, 1.807) is 11.8 Å². The molecule has 4 aliphatic carbocycles. The summed E-state index contributed by atoms with van der Waals surface area (Å²) >= 11 is 1.76. The second-order valence-electron chi connectivity index (χ2n) is 19.2. The third-order valence-corrected chi connectivity index (χ3v) is 16.6. The van der Waals surface area contributed by atoms with Crippen LogP contribution >= 0.6 is 11.8 Å². The molecular formula is C69H51NS. The van der Waals surface area contributed by atoms with Crippen molar-refractivity contribution in [3.63, 3.8) is 0 Å². The Kier molecular flexibility index (Phi) is 10.5. The maximum atomic E-state index is 4.42. The molecule has 1 spiro atoms. The van der Waals surface area contributed by atoms with Gasteiger partial charge in [-0.15, -0.1) is 11.8 Å². The van der Waals surface area contributed by atoms with Gasteiger partial charge in [0, 0.05) is 40.2 Å². The average molecular weight is 926 g/mol. The van der Waals surface area contributed by atoms with Crippen LogP contribution in [0.1, 0.15) is 62.4 Å². The molecule has 0 saturated carbocycles. The summed E-state index contributed by atoms with van der Waals surface area (Å²) in [4.78, 5) is 3.73. The molecule has 13 rings (SSSR count). The molecule has 8 aromatic carbocycles. The first-order valence-corrected chi connectivity index (χ1v) is 25.6. The van der Waals surface area contributed by atoms with E-state index in [0.29, 0.717) is 0 Å². The van der Waals surface area contributed by atoms with E-state index in [9.17, 15) is 0 Å². The monoisotopic (exact) mass is 925 g/mol. The number of thioether (sulfide) groups is 1. The van der Waals surface area contributed by atoms with Gasteiger partial charge in [-0.1, -0.05) is 237 Å². The fourth-order valence-electron chi connectivity index (χ4n) is 12.9. The summed E-state index contributed by atoms with van der Waals surface area (Å²) in [6, 6.07) is 73.3. The van der Waals surface area contributed by atoms with Gasteiger partial charge in [-0.05, 0) is 120 Å². The lowest BCUT2D eigenvalue weighted by Gasteiger charge is -2.37. The molecule has 0 amide bonds. The molecule has 0 saturated heterocycles. The summed E-state index contributed by atoms with van der Waals surface area (Å²) in [5, 5.41) is 2.17. The first-order valence-electron chi connectivity index (χ1n) is 24.8. The van der Waals surface area contributed by atoms with Crippen LogP contribution in [0.15, 0.2) is 284 Å². The number of benzene rings is 8. The third kappa shape index (κ3) is 6.55. The van der Waals surface area contributed by atoms with Gasteiger partial charge in [-0.2, -0.15) is 0 Å². The smallest absolute Gasteiger partial charge is 0.0713 e. The predicted octanol–water partition coefficient (Wildman–Crippen LogP) is 17.9. The molecule has 0 N–H and O–H groups in total. The minimum Gasteiger partial charge on any atom is -0.310 e. The summed E-state index contributed by atoms with van der Waals surface area (Å²) in [7, 11) is 0. The van der Waals surface area contributed by atoms with Gasteiger partial charge in [0.05, 0.1) is 10.8 Å². The van der Waals surface area contributed by atoms with E-state index < -0.39 is 5.41 Å². The zero-order valence-corrected chi connectivity index (χ0v) is 40.3. The molecule has 5 aliphatic rings. The highest BCUT2D eigenvalue weighted by Gasteiger charge is 2.57. The first kappa shape index (κ1) is 42.9. The van der Waals surface area contributed by atoms with Crippen molar-refractivity contribution in [1.29, 1.82) is 0 Å². The summed E-state index contributed by atoms with van der Waals surface area (Å²) < 4.78 is 0. The van der Waals surface area contributed by atoms with Gasteiger partial charge >= 0.3 is 0 Å². The van der Waals surface area contributed by atoms with E-state index in [-0.39, 0.29) is 17.3 Å². The highest BCUT2D eigenvalue weighted by atomic mass is 32.2. The molecule has 2 heteroatoms. The molecule has 3 unspecified atom stereocenters. The lowest BCUT2D eigenvalue weighted by atomic mass is 9.65. The van der Waals surface area contributed by atoms with Crippen molar-refractivity contribution in [2.75, 3.05) is 4.90 Å². The normalized spacial score (nSPS) is 21.0. The maximum Gasteiger partial charge on any atom is 0.0713 e. The van der Waals surface area contributed by atoms with E-state index in [0.717, 1.165) is 40.2 Å². The first-order chi connectivity index (χ1) is 35.1. The van der Waals surface area contributed by atoms with Crippen molar-refractivity contribution in [1.82, 2.24) is 0 Å². The van der Waals surface area contributed by atoms with Gasteiger partial charge in [-0.3, -0.25) is 0 Å².